The van der Waals surface area contributed by atoms with E-state index in [1.54, 1.807) is 61.9 Å². The summed E-state index contributed by atoms with van der Waals surface area (Å²) < 4.78 is 12.2. The van der Waals surface area contributed by atoms with Gasteiger partial charge in [-0.05, 0) is 93.1 Å². The highest BCUT2D eigenvalue weighted by Crippen LogP contribution is 2.32. The number of amides is 7. The average molecular weight is 1080 g/mol. The summed E-state index contributed by atoms with van der Waals surface area (Å²) >= 11 is 0. The van der Waals surface area contributed by atoms with Gasteiger partial charge in [-0.3, -0.25) is 38.5 Å². The first-order chi connectivity index (χ1) is 36.3. The second-order valence-corrected chi connectivity index (χ2v) is 22.2. The number of ether oxygens (including phenoxy) is 2. The smallest absolute Gasteiger partial charge is 0.312 e. The van der Waals surface area contributed by atoms with E-state index in [1.807, 2.05) is 90.9 Å². The lowest BCUT2D eigenvalue weighted by atomic mass is 9.80. The number of ketones is 2. The lowest BCUT2D eigenvalue weighted by Gasteiger charge is -2.41. The number of likely N-dealkylation sites (tertiary alicyclic amines) is 1. The van der Waals surface area contributed by atoms with E-state index in [0.29, 0.717) is 43.5 Å². The van der Waals surface area contributed by atoms with Gasteiger partial charge < -0.3 is 52.0 Å². The van der Waals surface area contributed by atoms with Gasteiger partial charge in [0.1, 0.15) is 23.7 Å². The molecule has 6 unspecified atom stereocenters. The van der Waals surface area contributed by atoms with Crippen molar-refractivity contribution in [1.82, 2.24) is 30.7 Å². The third kappa shape index (κ3) is 19.0. The number of carbonyl (C=O) groups is 8. The molecule has 1 fully saturated rings. The van der Waals surface area contributed by atoms with E-state index in [-0.39, 0.29) is 85.2 Å². The summed E-state index contributed by atoms with van der Waals surface area (Å²) in [6.45, 7) is 17.7. The Morgan fingerprint density at radius 1 is 0.779 bits per heavy atom. The second-order valence-electron chi connectivity index (χ2n) is 22.2. The SMILES string of the molecule is CC[C@H](C)[C@@H]([C@@H](CC(=O)N1CCCC1[C@H](OC)[C@@H](C)C(=O)C(Cc1ccccc1)C(=O)Cc1ccc(NC(=O)C(CCCNC(N)=O)NC(=O)C(N)C(C)C)cc1)OC)N(C)C(=O)C(NC(=O)C(C(C)C)N(C)C)C(C)C. The van der Waals surface area contributed by atoms with Gasteiger partial charge in [-0.15, -0.1) is 0 Å². The number of carbonyl (C=O) groups excluding carboxylic acids is 8. The molecule has 0 aromatic heterocycles. The van der Waals surface area contributed by atoms with E-state index in [4.69, 9.17) is 20.9 Å². The number of urea groups is 1. The molecule has 19 heteroatoms. The fraction of sp³-hybridized carbons (Fsp3) is 0.655. The number of benzene rings is 2. The molecule has 0 bridgehead atoms. The van der Waals surface area contributed by atoms with Crippen LogP contribution in [0.15, 0.2) is 54.6 Å². The summed E-state index contributed by atoms with van der Waals surface area (Å²) in [6.07, 6.45) is 1.02. The second kappa shape index (κ2) is 31.6. The van der Waals surface area contributed by atoms with Gasteiger partial charge in [-0.1, -0.05) is 111 Å². The van der Waals surface area contributed by atoms with Crippen molar-refractivity contribution >= 4 is 52.8 Å². The van der Waals surface area contributed by atoms with E-state index in [1.165, 1.54) is 14.2 Å². The molecule has 430 valence electrons. The normalized spacial score (nSPS) is 17.6. The van der Waals surface area contributed by atoms with Gasteiger partial charge in [0.25, 0.3) is 0 Å². The number of rotatable bonds is 32. The summed E-state index contributed by atoms with van der Waals surface area (Å²) in [5, 5.41) is 11.1. The van der Waals surface area contributed by atoms with Crippen LogP contribution in [-0.4, -0.2) is 159 Å². The zero-order chi connectivity index (χ0) is 57.8. The molecule has 1 saturated heterocycles. The van der Waals surface area contributed by atoms with Crippen LogP contribution in [-0.2, 0) is 55.9 Å². The summed E-state index contributed by atoms with van der Waals surface area (Å²) in [4.78, 5) is 115. The van der Waals surface area contributed by atoms with Crippen LogP contribution in [0.1, 0.15) is 112 Å². The van der Waals surface area contributed by atoms with Crippen molar-refractivity contribution in [3.05, 3.63) is 65.7 Å². The number of nitrogens with one attached hydrogen (secondary N) is 4. The molecule has 7 amide bonds. The Balaban J connectivity index is 1.85. The molecule has 1 aliphatic heterocycles. The third-order valence-corrected chi connectivity index (χ3v) is 15.2. The van der Waals surface area contributed by atoms with Crippen molar-refractivity contribution in [1.29, 1.82) is 0 Å². The third-order valence-electron chi connectivity index (χ3n) is 15.2. The van der Waals surface area contributed by atoms with Crippen LogP contribution >= 0.6 is 0 Å². The Morgan fingerprint density at radius 3 is 1.95 bits per heavy atom. The Morgan fingerprint density at radius 2 is 1.42 bits per heavy atom. The Labute approximate surface area is 458 Å². The number of hydrogen-bond acceptors (Lipinski definition) is 12. The maximum atomic E-state index is 14.9. The van der Waals surface area contributed by atoms with Crippen molar-refractivity contribution in [2.75, 3.05) is 53.8 Å². The molecule has 11 atom stereocenters. The van der Waals surface area contributed by atoms with E-state index in [0.717, 1.165) is 5.56 Å². The van der Waals surface area contributed by atoms with Crippen LogP contribution in [0, 0.1) is 35.5 Å². The summed E-state index contributed by atoms with van der Waals surface area (Å²) in [7, 11) is 8.45. The number of likely N-dealkylation sites (N-methyl/N-ethyl adjacent to an activating group) is 2. The molecular weight excluding hydrogens is 983 g/mol. The zero-order valence-electron chi connectivity index (χ0n) is 48.4. The van der Waals surface area contributed by atoms with Crippen molar-refractivity contribution in [3.8, 4) is 0 Å². The Kier molecular flexibility index (Phi) is 26.9. The number of hydrogen-bond donors (Lipinski definition) is 6. The first-order valence-electron chi connectivity index (χ1n) is 27.5. The number of nitrogens with two attached hydrogens (primary N) is 2. The highest BCUT2D eigenvalue weighted by atomic mass is 16.5. The molecule has 1 aliphatic rings. The maximum Gasteiger partial charge on any atom is 0.312 e. The standard InChI is InChI=1S/C58H93N9O10/c1-15-37(8)51(66(12)57(74)49(35(4)5)64-56(73)50(36(6)7)65(10)11)46(76-13)33-47(69)67-30-20-24-44(67)53(77-14)38(9)52(70)42(31-39-21-17-16-18-22-39)45(68)32-40-25-27-41(28-26-40)62-54(71)43(23-19-29-61-58(60)75)63-55(72)48(59)34(2)3/h16-18,21-22,25-28,34-38,42-44,46,48-51,53H,15,19-20,23-24,29-33,59H2,1-14H3,(H,62,71)(H,63,72)(H,64,73)(H3,60,61,75)/t37-,38-,42?,43?,44?,46+,48?,49?,50?,51-,53+/m0/s1. The monoisotopic (exact) mass is 1080 g/mol. The predicted octanol–water partition coefficient (Wildman–Crippen LogP) is 4.73. The molecule has 1 heterocycles. The van der Waals surface area contributed by atoms with Gasteiger partial charge in [0.2, 0.25) is 29.5 Å². The lowest BCUT2D eigenvalue weighted by molar-refractivity contribution is -0.148. The molecule has 2 aromatic rings. The largest absolute Gasteiger partial charge is 0.379 e. The molecule has 0 aliphatic carbocycles. The van der Waals surface area contributed by atoms with Gasteiger partial charge in [0.15, 0.2) is 0 Å². The molecule has 3 rings (SSSR count). The lowest BCUT2D eigenvalue weighted by Crippen LogP contribution is -2.59. The van der Waals surface area contributed by atoms with E-state index in [2.05, 4.69) is 21.3 Å². The summed E-state index contributed by atoms with van der Waals surface area (Å²) in [5.41, 5.74) is 13.1. The van der Waals surface area contributed by atoms with E-state index in [9.17, 15) is 38.4 Å². The molecule has 0 spiro atoms. The highest BCUT2D eigenvalue weighted by Gasteiger charge is 2.45. The molecule has 0 radical (unpaired) electrons. The molecular formula is C58H93N9O10. The number of anilines is 1. The van der Waals surface area contributed by atoms with Crippen LogP contribution in [0.25, 0.3) is 0 Å². The van der Waals surface area contributed by atoms with Crippen LogP contribution < -0.4 is 32.7 Å². The number of nitrogens with zero attached hydrogens (tertiary/aromatic N) is 3. The first-order valence-corrected chi connectivity index (χ1v) is 27.5. The molecule has 2 aromatic carbocycles. The number of Topliss-reactive ketones (excluding diaryl/α,β-unsaturated/α-hetero) is 2. The molecule has 77 heavy (non-hydrogen) atoms. The van der Waals surface area contributed by atoms with Gasteiger partial charge in [0.05, 0.1) is 48.7 Å². The fourth-order valence-corrected chi connectivity index (χ4v) is 10.6. The fourth-order valence-electron chi connectivity index (χ4n) is 10.6. The Bertz CT molecular complexity index is 2240. The Hall–Kier alpha value is -5.76. The molecule has 8 N–H and O–H groups in total. The highest BCUT2D eigenvalue weighted by molar-refractivity contribution is 6.04. The van der Waals surface area contributed by atoms with Gasteiger partial charge >= 0.3 is 6.03 Å². The van der Waals surface area contributed by atoms with Crippen molar-refractivity contribution in [2.45, 2.75) is 162 Å². The van der Waals surface area contributed by atoms with Crippen molar-refractivity contribution < 1.29 is 47.8 Å². The maximum absolute atomic E-state index is 14.9. The van der Waals surface area contributed by atoms with E-state index < -0.39 is 78.1 Å². The zero-order valence-corrected chi connectivity index (χ0v) is 48.4. The topological polar surface area (TPSA) is 265 Å². The first kappa shape index (κ1) is 65.5. The summed E-state index contributed by atoms with van der Waals surface area (Å²) in [5.74, 6) is -4.65. The van der Waals surface area contributed by atoms with Gasteiger partial charge in [-0.25, -0.2) is 4.79 Å². The van der Waals surface area contributed by atoms with Crippen LogP contribution in [0.2, 0.25) is 0 Å². The van der Waals surface area contributed by atoms with Gasteiger partial charge in [-0.2, -0.15) is 0 Å². The molecule has 0 saturated carbocycles. The van der Waals surface area contributed by atoms with Crippen molar-refractivity contribution in [2.24, 2.45) is 47.0 Å². The van der Waals surface area contributed by atoms with Gasteiger partial charge in [0, 0.05) is 52.4 Å². The van der Waals surface area contributed by atoms with Crippen LogP contribution in [0.3, 0.4) is 0 Å². The minimum Gasteiger partial charge on any atom is -0.379 e. The van der Waals surface area contributed by atoms with E-state index >= 15 is 0 Å². The predicted molar refractivity (Wildman–Crippen MR) is 299 cm³/mol. The average Bonchev–Trinajstić information content (AvgIpc) is 3.87. The van der Waals surface area contributed by atoms with Crippen LogP contribution in [0.5, 0.6) is 0 Å². The van der Waals surface area contributed by atoms with Crippen molar-refractivity contribution in [3.63, 3.8) is 0 Å². The quantitative estimate of drug-likeness (QED) is 0.0429. The summed E-state index contributed by atoms with van der Waals surface area (Å²) in [6, 6.07) is 11.2. The molecule has 19 nitrogen and oxygen atoms in total. The number of methoxy groups -OCH3 is 2. The minimum absolute atomic E-state index is 0.00640. The minimum atomic E-state index is -1.05. The number of primary amides is 1. The van der Waals surface area contributed by atoms with Crippen LogP contribution in [0.4, 0.5) is 10.5 Å².